The minimum absolute atomic E-state index is 0.0172. The lowest BCUT2D eigenvalue weighted by atomic mass is 9.95. The molecule has 106 valence electrons. The molecule has 0 aliphatic heterocycles. The maximum absolute atomic E-state index is 12.1. The molecular formula is C18H18N2O. The zero-order chi connectivity index (χ0) is 14.3. The Labute approximate surface area is 124 Å². The molecule has 0 bridgehead atoms. The minimum atomic E-state index is -0.0172. The first-order valence-electron chi connectivity index (χ1n) is 7.56. The first-order chi connectivity index (χ1) is 10.3. The summed E-state index contributed by atoms with van der Waals surface area (Å²) < 4.78 is 0. The lowest BCUT2D eigenvalue weighted by Crippen LogP contribution is -2.27. The van der Waals surface area contributed by atoms with Crippen molar-refractivity contribution in [3.8, 4) is 0 Å². The predicted molar refractivity (Wildman–Crippen MR) is 81.1 cm³/mol. The van der Waals surface area contributed by atoms with E-state index in [4.69, 9.17) is 0 Å². The fourth-order valence-corrected chi connectivity index (χ4v) is 3.82. The normalized spacial score (nSPS) is 25.6. The Morgan fingerprint density at radius 2 is 2.19 bits per heavy atom. The number of aryl methyl sites for hydroxylation is 1. The highest BCUT2D eigenvalue weighted by atomic mass is 16.1. The summed E-state index contributed by atoms with van der Waals surface area (Å²) in [7, 11) is 0. The molecule has 21 heavy (non-hydrogen) atoms. The lowest BCUT2D eigenvalue weighted by molar-refractivity contribution is 0.0950. The third-order valence-electron chi connectivity index (χ3n) is 5.06. The molecule has 1 fully saturated rings. The van der Waals surface area contributed by atoms with Crippen LogP contribution in [-0.2, 0) is 11.8 Å². The van der Waals surface area contributed by atoms with Gasteiger partial charge in [-0.15, -0.1) is 0 Å². The third kappa shape index (κ3) is 2.04. The largest absolute Gasteiger partial charge is 0.352 e. The number of aromatic nitrogens is 1. The van der Waals surface area contributed by atoms with Crippen LogP contribution in [0.3, 0.4) is 0 Å². The van der Waals surface area contributed by atoms with E-state index in [-0.39, 0.29) is 5.91 Å². The van der Waals surface area contributed by atoms with Gasteiger partial charge in [0.2, 0.25) is 0 Å². The highest BCUT2D eigenvalue weighted by Crippen LogP contribution is 2.61. The molecule has 1 spiro atoms. The van der Waals surface area contributed by atoms with E-state index in [0.717, 1.165) is 6.54 Å². The van der Waals surface area contributed by atoms with Crippen molar-refractivity contribution in [1.29, 1.82) is 0 Å². The van der Waals surface area contributed by atoms with Gasteiger partial charge in [0.25, 0.3) is 5.91 Å². The Kier molecular flexibility index (Phi) is 2.81. The Morgan fingerprint density at radius 3 is 3.05 bits per heavy atom. The topological polar surface area (TPSA) is 42.0 Å². The number of carbonyl (C=O) groups excluding carboxylic acids is 1. The summed E-state index contributed by atoms with van der Waals surface area (Å²) in [6.45, 7) is 0.766. The number of amides is 1. The molecule has 1 N–H and O–H groups in total. The smallest absolute Gasteiger partial charge is 0.252 e. The summed E-state index contributed by atoms with van der Waals surface area (Å²) in [6.07, 6.45) is 6.92. The molecule has 3 nitrogen and oxygen atoms in total. The van der Waals surface area contributed by atoms with Crippen molar-refractivity contribution in [1.82, 2.24) is 10.3 Å². The second-order valence-electron chi connectivity index (χ2n) is 6.17. The Morgan fingerprint density at radius 1 is 1.29 bits per heavy atom. The molecule has 0 saturated heterocycles. The average Bonchev–Trinajstić information content (AvgIpc) is 3.13. The van der Waals surface area contributed by atoms with Crippen LogP contribution in [0, 0.1) is 5.92 Å². The van der Waals surface area contributed by atoms with Crippen LogP contribution in [0.2, 0.25) is 0 Å². The number of carbonyl (C=O) groups is 1. The van der Waals surface area contributed by atoms with Gasteiger partial charge in [0.15, 0.2) is 0 Å². The van der Waals surface area contributed by atoms with Gasteiger partial charge in [-0.05, 0) is 48.4 Å². The van der Waals surface area contributed by atoms with Gasteiger partial charge >= 0.3 is 0 Å². The van der Waals surface area contributed by atoms with Gasteiger partial charge in [0, 0.05) is 24.4 Å². The second-order valence-corrected chi connectivity index (χ2v) is 6.17. The number of nitrogens with one attached hydrogen (secondary N) is 1. The van der Waals surface area contributed by atoms with Crippen LogP contribution in [0.25, 0.3) is 0 Å². The number of hydrogen-bond donors (Lipinski definition) is 1. The number of nitrogens with zero attached hydrogens (tertiary/aromatic N) is 1. The SMILES string of the molecule is O=C(NC[C@H]1C[C@@]12CCc1ccccc12)c1cccnc1. The van der Waals surface area contributed by atoms with Gasteiger partial charge in [-0.2, -0.15) is 0 Å². The minimum Gasteiger partial charge on any atom is -0.352 e. The predicted octanol–water partition coefficient (Wildman–Crippen LogP) is 2.72. The summed E-state index contributed by atoms with van der Waals surface area (Å²) in [5.41, 5.74) is 4.00. The Hall–Kier alpha value is -2.16. The van der Waals surface area contributed by atoms with Gasteiger partial charge in [0.1, 0.15) is 0 Å². The Bertz CT molecular complexity index is 683. The molecule has 2 aliphatic carbocycles. The van der Waals surface area contributed by atoms with Gasteiger partial charge in [-0.25, -0.2) is 0 Å². The van der Waals surface area contributed by atoms with Gasteiger partial charge in [-0.1, -0.05) is 24.3 Å². The van der Waals surface area contributed by atoms with Gasteiger partial charge in [-0.3, -0.25) is 9.78 Å². The highest BCUT2D eigenvalue weighted by molar-refractivity contribution is 5.93. The summed E-state index contributed by atoms with van der Waals surface area (Å²) >= 11 is 0. The molecule has 4 rings (SSSR count). The third-order valence-corrected chi connectivity index (χ3v) is 5.06. The highest BCUT2D eigenvalue weighted by Gasteiger charge is 2.57. The van der Waals surface area contributed by atoms with E-state index in [9.17, 15) is 4.79 Å². The van der Waals surface area contributed by atoms with Crippen molar-refractivity contribution in [3.05, 3.63) is 65.5 Å². The molecule has 2 atom stereocenters. The number of hydrogen-bond acceptors (Lipinski definition) is 2. The summed E-state index contributed by atoms with van der Waals surface area (Å²) in [6, 6.07) is 12.4. The van der Waals surface area contributed by atoms with E-state index in [1.807, 2.05) is 0 Å². The van der Waals surface area contributed by atoms with Crippen LogP contribution in [0.5, 0.6) is 0 Å². The van der Waals surface area contributed by atoms with Crippen molar-refractivity contribution >= 4 is 5.91 Å². The van der Waals surface area contributed by atoms with Crippen molar-refractivity contribution in [2.75, 3.05) is 6.54 Å². The van der Waals surface area contributed by atoms with E-state index in [1.165, 1.54) is 30.4 Å². The number of benzene rings is 1. The zero-order valence-electron chi connectivity index (χ0n) is 11.9. The quantitative estimate of drug-likeness (QED) is 0.938. The first kappa shape index (κ1) is 12.6. The molecule has 2 aliphatic rings. The van der Waals surface area contributed by atoms with Gasteiger partial charge < -0.3 is 5.32 Å². The van der Waals surface area contributed by atoms with E-state index in [2.05, 4.69) is 34.6 Å². The number of fused-ring (bicyclic) bond motifs is 2. The van der Waals surface area contributed by atoms with Crippen molar-refractivity contribution in [3.63, 3.8) is 0 Å². The fraction of sp³-hybridized carbons (Fsp3) is 0.333. The summed E-state index contributed by atoms with van der Waals surface area (Å²) in [4.78, 5) is 16.1. The van der Waals surface area contributed by atoms with E-state index >= 15 is 0 Å². The summed E-state index contributed by atoms with van der Waals surface area (Å²) in [5.74, 6) is 0.568. The summed E-state index contributed by atoms with van der Waals surface area (Å²) in [5, 5.41) is 3.06. The van der Waals surface area contributed by atoms with Crippen molar-refractivity contribution in [2.24, 2.45) is 5.92 Å². The first-order valence-corrected chi connectivity index (χ1v) is 7.56. The van der Waals surface area contributed by atoms with E-state index < -0.39 is 0 Å². The van der Waals surface area contributed by atoms with Crippen LogP contribution >= 0.6 is 0 Å². The molecule has 3 heteroatoms. The molecule has 1 aromatic heterocycles. The van der Waals surface area contributed by atoms with Crippen LogP contribution in [0.15, 0.2) is 48.8 Å². The second kappa shape index (κ2) is 4.69. The van der Waals surface area contributed by atoms with E-state index in [0.29, 0.717) is 16.9 Å². The fourth-order valence-electron chi connectivity index (χ4n) is 3.82. The standard InChI is InChI=1S/C18H18N2O/c21-17(14-5-3-9-19-11-14)20-12-15-10-18(15)8-7-13-4-1-2-6-16(13)18/h1-6,9,11,15H,7-8,10,12H2,(H,20,21)/t15-,18+/m1/s1. The molecule has 2 aromatic rings. The van der Waals surface area contributed by atoms with Crippen LogP contribution in [-0.4, -0.2) is 17.4 Å². The number of pyridine rings is 1. The van der Waals surface area contributed by atoms with Crippen molar-refractivity contribution in [2.45, 2.75) is 24.7 Å². The lowest BCUT2D eigenvalue weighted by Gasteiger charge is -2.12. The maximum Gasteiger partial charge on any atom is 0.252 e. The average molecular weight is 278 g/mol. The molecular weight excluding hydrogens is 260 g/mol. The van der Waals surface area contributed by atoms with Gasteiger partial charge in [0.05, 0.1) is 5.56 Å². The zero-order valence-corrected chi connectivity index (χ0v) is 11.9. The molecule has 1 saturated carbocycles. The molecule has 1 amide bonds. The van der Waals surface area contributed by atoms with E-state index in [1.54, 1.807) is 24.5 Å². The van der Waals surface area contributed by atoms with Crippen LogP contribution in [0.1, 0.15) is 34.3 Å². The van der Waals surface area contributed by atoms with Crippen LogP contribution in [0.4, 0.5) is 0 Å². The molecule has 1 aromatic carbocycles. The van der Waals surface area contributed by atoms with Crippen molar-refractivity contribution < 1.29 is 4.79 Å². The molecule has 0 radical (unpaired) electrons. The number of rotatable bonds is 3. The molecule has 0 unspecified atom stereocenters. The molecule has 1 heterocycles. The van der Waals surface area contributed by atoms with Crippen LogP contribution < -0.4 is 5.32 Å². The maximum atomic E-state index is 12.1. The monoisotopic (exact) mass is 278 g/mol. The Balaban J connectivity index is 1.42.